The van der Waals surface area contributed by atoms with Crippen LogP contribution in [0.25, 0.3) is 10.9 Å². The number of hydrogen-bond acceptors (Lipinski definition) is 2. The third-order valence-electron chi connectivity index (χ3n) is 2.83. The molecular formula is C14H17BrN2O2. The van der Waals surface area contributed by atoms with Crippen LogP contribution in [0.2, 0.25) is 0 Å². The summed E-state index contributed by atoms with van der Waals surface area (Å²) in [5, 5.41) is 10.8. The average Bonchev–Trinajstić information content (AvgIpc) is 2.64. The van der Waals surface area contributed by atoms with E-state index < -0.39 is 5.60 Å². The Morgan fingerprint density at radius 2 is 2.05 bits per heavy atom. The number of hydrogen-bond donors (Lipinski definition) is 2. The molecule has 0 aliphatic heterocycles. The number of likely N-dealkylation sites (N-methyl/N-ethyl adjacent to an activating group) is 1. The topological polar surface area (TPSA) is 56.3 Å². The average molecular weight is 325 g/mol. The zero-order valence-corrected chi connectivity index (χ0v) is 12.8. The standard InChI is InChI=1S/C14H17BrN2O2/c1-14(2,19)8-17(3)13(18)12-11(15)9-6-4-5-7-10(9)16-12/h4-7,16,19H,8H2,1-3H3. The van der Waals surface area contributed by atoms with Crippen LogP contribution in [0.1, 0.15) is 24.3 Å². The van der Waals surface area contributed by atoms with Gasteiger partial charge in [-0.3, -0.25) is 4.79 Å². The van der Waals surface area contributed by atoms with Crippen LogP contribution < -0.4 is 0 Å². The van der Waals surface area contributed by atoms with E-state index in [-0.39, 0.29) is 12.5 Å². The quantitative estimate of drug-likeness (QED) is 0.912. The number of H-pyrrole nitrogens is 1. The van der Waals surface area contributed by atoms with Crippen molar-refractivity contribution in [2.45, 2.75) is 19.4 Å². The third kappa shape index (κ3) is 2.98. The molecule has 102 valence electrons. The lowest BCUT2D eigenvalue weighted by Crippen LogP contribution is -2.39. The minimum Gasteiger partial charge on any atom is -0.389 e. The van der Waals surface area contributed by atoms with Crippen molar-refractivity contribution in [1.29, 1.82) is 0 Å². The molecule has 2 N–H and O–H groups in total. The molecule has 0 aliphatic rings. The first-order valence-electron chi connectivity index (χ1n) is 6.03. The minimum absolute atomic E-state index is 0.148. The Hall–Kier alpha value is -1.33. The van der Waals surface area contributed by atoms with Gasteiger partial charge in [-0.15, -0.1) is 0 Å². The van der Waals surface area contributed by atoms with Crippen LogP contribution >= 0.6 is 15.9 Å². The number of carbonyl (C=O) groups excluding carboxylic acids is 1. The van der Waals surface area contributed by atoms with Crippen LogP contribution in [0.5, 0.6) is 0 Å². The van der Waals surface area contributed by atoms with E-state index in [1.54, 1.807) is 20.9 Å². The van der Waals surface area contributed by atoms with Crippen molar-refractivity contribution in [2.75, 3.05) is 13.6 Å². The van der Waals surface area contributed by atoms with Gasteiger partial charge in [0.1, 0.15) is 5.69 Å². The van der Waals surface area contributed by atoms with E-state index >= 15 is 0 Å². The second kappa shape index (κ2) is 4.98. The molecule has 0 saturated heterocycles. The van der Waals surface area contributed by atoms with Crippen LogP contribution in [0, 0.1) is 0 Å². The normalized spacial score (nSPS) is 11.8. The predicted molar refractivity (Wildman–Crippen MR) is 79.3 cm³/mol. The number of aliphatic hydroxyl groups is 1. The van der Waals surface area contributed by atoms with Gasteiger partial charge in [-0.25, -0.2) is 0 Å². The number of rotatable bonds is 3. The fraction of sp³-hybridized carbons (Fsp3) is 0.357. The lowest BCUT2D eigenvalue weighted by Gasteiger charge is -2.25. The molecule has 0 bridgehead atoms. The van der Waals surface area contributed by atoms with E-state index in [1.807, 2.05) is 24.3 Å². The van der Waals surface area contributed by atoms with Crippen molar-refractivity contribution in [3.63, 3.8) is 0 Å². The number of aromatic amines is 1. The van der Waals surface area contributed by atoms with E-state index in [9.17, 15) is 9.90 Å². The van der Waals surface area contributed by atoms with Crippen molar-refractivity contribution < 1.29 is 9.90 Å². The summed E-state index contributed by atoms with van der Waals surface area (Å²) < 4.78 is 0.760. The Morgan fingerprint density at radius 1 is 1.42 bits per heavy atom. The molecule has 0 saturated carbocycles. The van der Waals surface area contributed by atoms with Crippen LogP contribution in [0.4, 0.5) is 0 Å². The molecule has 0 aliphatic carbocycles. The summed E-state index contributed by atoms with van der Waals surface area (Å²) in [7, 11) is 1.68. The molecule has 0 fully saturated rings. The molecule has 1 aromatic carbocycles. The van der Waals surface area contributed by atoms with Crippen LogP contribution in [-0.4, -0.2) is 40.1 Å². The maximum absolute atomic E-state index is 12.4. The molecular weight excluding hydrogens is 308 g/mol. The van der Waals surface area contributed by atoms with Gasteiger partial charge in [0.05, 0.1) is 10.1 Å². The van der Waals surface area contributed by atoms with Gasteiger partial charge in [-0.1, -0.05) is 18.2 Å². The highest BCUT2D eigenvalue weighted by atomic mass is 79.9. The maximum atomic E-state index is 12.4. The molecule has 4 nitrogen and oxygen atoms in total. The van der Waals surface area contributed by atoms with Gasteiger partial charge in [0.25, 0.3) is 5.91 Å². The van der Waals surface area contributed by atoms with Gasteiger partial charge >= 0.3 is 0 Å². The predicted octanol–water partition coefficient (Wildman–Crippen LogP) is 2.77. The molecule has 1 heterocycles. The minimum atomic E-state index is -0.914. The highest BCUT2D eigenvalue weighted by molar-refractivity contribution is 9.10. The van der Waals surface area contributed by atoms with Gasteiger partial charge in [0, 0.05) is 24.5 Å². The van der Waals surface area contributed by atoms with Crippen molar-refractivity contribution >= 4 is 32.7 Å². The Morgan fingerprint density at radius 3 is 2.63 bits per heavy atom. The fourth-order valence-electron chi connectivity index (χ4n) is 2.10. The number of aromatic nitrogens is 1. The summed E-state index contributed by atoms with van der Waals surface area (Å²) in [6.07, 6.45) is 0. The molecule has 1 amide bonds. The number of nitrogens with one attached hydrogen (secondary N) is 1. The van der Waals surface area contributed by atoms with Crippen LogP contribution in [0.3, 0.4) is 0 Å². The first-order valence-corrected chi connectivity index (χ1v) is 6.83. The molecule has 1 aromatic heterocycles. The highest BCUT2D eigenvalue weighted by Crippen LogP contribution is 2.28. The van der Waals surface area contributed by atoms with Gasteiger partial charge < -0.3 is 15.0 Å². The Kier molecular flexibility index (Phi) is 3.69. The summed E-state index contributed by atoms with van der Waals surface area (Å²) in [4.78, 5) is 17.0. The zero-order chi connectivity index (χ0) is 14.2. The monoisotopic (exact) mass is 324 g/mol. The van der Waals surface area contributed by atoms with E-state index in [1.165, 1.54) is 4.90 Å². The van der Waals surface area contributed by atoms with Gasteiger partial charge in [0.15, 0.2) is 0 Å². The lowest BCUT2D eigenvalue weighted by atomic mass is 10.1. The molecule has 0 radical (unpaired) electrons. The molecule has 0 unspecified atom stereocenters. The first-order chi connectivity index (χ1) is 8.79. The SMILES string of the molecule is CN(CC(C)(C)O)C(=O)c1[nH]c2ccccc2c1Br. The van der Waals surface area contributed by atoms with Crippen LogP contribution in [-0.2, 0) is 0 Å². The van der Waals surface area contributed by atoms with E-state index in [4.69, 9.17) is 0 Å². The summed E-state index contributed by atoms with van der Waals surface area (Å²) in [6, 6.07) is 7.71. The number of nitrogens with zero attached hydrogens (tertiary/aromatic N) is 1. The molecule has 5 heteroatoms. The molecule has 2 rings (SSSR count). The molecule has 19 heavy (non-hydrogen) atoms. The number of carbonyl (C=O) groups is 1. The Bertz CT molecular complexity index is 613. The fourth-order valence-corrected chi connectivity index (χ4v) is 2.71. The number of fused-ring (bicyclic) bond motifs is 1. The van der Waals surface area contributed by atoms with Gasteiger partial charge in [0.2, 0.25) is 0 Å². The summed E-state index contributed by atoms with van der Waals surface area (Å²) >= 11 is 3.46. The third-order valence-corrected chi connectivity index (χ3v) is 3.65. The van der Waals surface area contributed by atoms with Crippen LogP contribution in [0.15, 0.2) is 28.7 Å². The number of benzene rings is 1. The highest BCUT2D eigenvalue weighted by Gasteiger charge is 2.23. The Labute approximate surface area is 120 Å². The molecule has 0 spiro atoms. The maximum Gasteiger partial charge on any atom is 0.271 e. The van der Waals surface area contributed by atoms with E-state index in [0.29, 0.717) is 5.69 Å². The smallest absolute Gasteiger partial charge is 0.271 e. The summed E-state index contributed by atoms with van der Waals surface area (Å²) in [5.74, 6) is -0.148. The van der Waals surface area contributed by atoms with Crippen molar-refractivity contribution in [3.05, 3.63) is 34.4 Å². The summed E-state index contributed by atoms with van der Waals surface area (Å²) in [6.45, 7) is 3.63. The Balaban J connectivity index is 2.34. The number of amides is 1. The van der Waals surface area contributed by atoms with Gasteiger partial charge in [-0.2, -0.15) is 0 Å². The second-order valence-electron chi connectivity index (χ2n) is 5.33. The van der Waals surface area contributed by atoms with Crippen molar-refractivity contribution in [2.24, 2.45) is 0 Å². The van der Waals surface area contributed by atoms with Crippen molar-refractivity contribution in [1.82, 2.24) is 9.88 Å². The first kappa shape index (κ1) is 14.1. The van der Waals surface area contributed by atoms with Gasteiger partial charge in [-0.05, 0) is 35.8 Å². The summed E-state index contributed by atoms with van der Waals surface area (Å²) in [5.41, 5.74) is 0.505. The zero-order valence-electron chi connectivity index (χ0n) is 11.2. The lowest BCUT2D eigenvalue weighted by molar-refractivity contribution is 0.0365. The second-order valence-corrected chi connectivity index (χ2v) is 6.13. The van der Waals surface area contributed by atoms with E-state index in [2.05, 4.69) is 20.9 Å². The van der Waals surface area contributed by atoms with E-state index in [0.717, 1.165) is 15.4 Å². The molecule has 0 atom stereocenters. The molecule has 2 aromatic rings. The number of para-hydroxylation sites is 1. The largest absolute Gasteiger partial charge is 0.389 e. The number of halogens is 1. The van der Waals surface area contributed by atoms with Crippen molar-refractivity contribution in [3.8, 4) is 0 Å².